The number of benzene rings is 1. The Morgan fingerprint density at radius 1 is 1.30 bits per heavy atom. The van der Waals surface area contributed by atoms with Gasteiger partial charge in [-0.25, -0.2) is 0 Å². The molecule has 1 saturated heterocycles. The van der Waals surface area contributed by atoms with Gasteiger partial charge in [0.05, 0.1) is 5.41 Å². The lowest BCUT2D eigenvalue weighted by atomic mass is 9.76. The summed E-state index contributed by atoms with van der Waals surface area (Å²) in [6, 6.07) is 8.02. The van der Waals surface area contributed by atoms with Crippen molar-refractivity contribution in [1.82, 2.24) is 4.90 Å². The molecule has 0 radical (unpaired) electrons. The van der Waals surface area contributed by atoms with Crippen molar-refractivity contribution >= 4 is 17.6 Å². The molecule has 3 nitrogen and oxygen atoms in total. The molecule has 1 fully saturated rings. The minimum atomic E-state index is -0.668. The number of likely N-dealkylation sites (tertiary alicyclic amines) is 1. The van der Waals surface area contributed by atoms with Crippen molar-refractivity contribution in [2.75, 3.05) is 13.1 Å². The third-order valence-electron chi connectivity index (χ3n) is 4.76. The molecule has 2 rings (SSSR count). The second-order valence-corrected chi connectivity index (χ2v) is 6.50. The standard InChI is InChI=1S/C16H22ClNO2/c1-11(2)16(15(19)20)8-9-18(10-16)12(3)13-4-6-14(17)7-5-13/h4-7,11-12H,8-10H2,1-3H3,(H,19,20). The lowest BCUT2D eigenvalue weighted by Crippen LogP contribution is -2.39. The van der Waals surface area contributed by atoms with E-state index in [2.05, 4.69) is 11.8 Å². The molecule has 0 spiro atoms. The van der Waals surface area contributed by atoms with Gasteiger partial charge in [0.25, 0.3) is 0 Å². The van der Waals surface area contributed by atoms with Crippen molar-refractivity contribution in [3.05, 3.63) is 34.9 Å². The van der Waals surface area contributed by atoms with E-state index in [9.17, 15) is 9.90 Å². The first kappa shape index (κ1) is 15.3. The molecular formula is C16H22ClNO2. The van der Waals surface area contributed by atoms with Gasteiger partial charge < -0.3 is 5.11 Å². The van der Waals surface area contributed by atoms with Crippen molar-refractivity contribution in [2.24, 2.45) is 11.3 Å². The van der Waals surface area contributed by atoms with E-state index >= 15 is 0 Å². The maximum absolute atomic E-state index is 11.7. The zero-order valence-corrected chi connectivity index (χ0v) is 13.0. The van der Waals surface area contributed by atoms with Crippen molar-refractivity contribution in [3.63, 3.8) is 0 Å². The topological polar surface area (TPSA) is 40.5 Å². The number of hydrogen-bond acceptors (Lipinski definition) is 2. The Bertz CT molecular complexity index is 486. The van der Waals surface area contributed by atoms with Crippen LogP contribution < -0.4 is 0 Å². The van der Waals surface area contributed by atoms with Crippen LogP contribution in [-0.2, 0) is 4.79 Å². The maximum Gasteiger partial charge on any atom is 0.311 e. The molecule has 1 N–H and O–H groups in total. The summed E-state index contributed by atoms with van der Waals surface area (Å²) < 4.78 is 0. The monoisotopic (exact) mass is 295 g/mol. The van der Waals surface area contributed by atoms with Crippen LogP contribution >= 0.6 is 11.6 Å². The molecule has 1 aliphatic rings. The van der Waals surface area contributed by atoms with E-state index in [1.165, 1.54) is 5.56 Å². The van der Waals surface area contributed by atoms with Gasteiger partial charge in [0.1, 0.15) is 0 Å². The van der Waals surface area contributed by atoms with Crippen LogP contribution in [0, 0.1) is 11.3 Å². The maximum atomic E-state index is 11.7. The SMILES string of the molecule is CC(c1ccc(Cl)cc1)N1CCC(C(=O)O)(C(C)C)C1. The summed E-state index contributed by atoms with van der Waals surface area (Å²) >= 11 is 5.91. The van der Waals surface area contributed by atoms with Crippen LogP contribution in [0.4, 0.5) is 0 Å². The van der Waals surface area contributed by atoms with Gasteiger partial charge in [-0.2, -0.15) is 0 Å². The molecule has 0 aliphatic carbocycles. The number of hydrogen-bond donors (Lipinski definition) is 1. The largest absolute Gasteiger partial charge is 0.481 e. The highest BCUT2D eigenvalue weighted by molar-refractivity contribution is 6.30. The Balaban J connectivity index is 2.16. The fourth-order valence-electron chi connectivity index (χ4n) is 3.04. The Morgan fingerprint density at radius 2 is 1.90 bits per heavy atom. The molecule has 2 unspecified atom stereocenters. The average molecular weight is 296 g/mol. The van der Waals surface area contributed by atoms with Crippen molar-refractivity contribution in [3.8, 4) is 0 Å². The minimum absolute atomic E-state index is 0.141. The first-order chi connectivity index (χ1) is 9.36. The van der Waals surface area contributed by atoms with Crippen LogP contribution in [0.15, 0.2) is 24.3 Å². The zero-order valence-electron chi connectivity index (χ0n) is 12.3. The zero-order chi connectivity index (χ0) is 14.9. The molecule has 0 saturated carbocycles. The Morgan fingerprint density at radius 3 is 2.35 bits per heavy atom. The first-order valence-corrected chi connectivity index (χ1v) is 7.47. The summed E-state index contributed by atoms with van der Waals surface area (Å²) in [7, 11) is 0. The lowest BCUT2D eigenvalue weighted by molar-refractivity contribution is -0.151. The summed E-state index contributed by atoms with van der Waals surface area (Å²) in [5.41, 5.74) is 0.570. The van der Waals surface area contributed by atoms with Gasteiger partial charge in [-0.3, -0.25) is 9.69 Å². The quantitative estimate of drug-likeness (QED) is 0.917. The van der Waals surface area contributed by atoms with Crippen molar-refractivity contribution in [2.45, 2.75) is 33.2 Å². The van der Waals surface area contributed by atoms with Gasteiger partial charge in [0, 0.05) is 17.6 Å². The number of carboxylic acid groups (broad SMARTS) is 1. The Labute approximate surface area is 125 Å². The Kier molecular flexibility index (Phi) is 4.40. The second-order valence-electron chi connectivity index (χ2n) is 6.06. The van der Waals surface area contributed by atoms with Crippen LogP contribution in [-0.4, -0.2) is 29.1 Å². The van der Waals surface area contributed by atoms with E-state index in [4.69, 9.17) is 11.6 Å². The second kappa shape index (κ2) is 5.74. The molecule has 1 heterocycles. The van der Waals surface area contributed by atoms with Gasteiger partial charge in [-0.05, 0) is 43.5 Å². The van der Waals surface area contributed by atoms with E-state index in [-0.39, 0.29) is 12.0 Å². The fourth-order valence-corrected chi connectivity index (χ4v) is 3.17. The van der Waals surface area contributed by atoms with E-state index in [0.29, 0.717) is 6.54 Å². The highest BCUT2D eigenvalue weighted by atomic mass is 35.5. The van der Waals surface area contributed by atoms with E-state index in [0.717, 1.165) is 18.0 Å². The van der Waals surface area contributed by atoms with Crippen LogP contribution in [0.3, 0.4) is 0 Å². The summed E-state index contributed by atoms with van der Waals surface area (Å²) in [5.74, 6) is -0.527. The highest BCUT2D eigenvalue weighted by Crippen LogP contribution is 2.41. The molecular weight excluding hydrogens is 274 g/mol. The normalized spacial score (nSPS) is 25.1. The summed E-state index contributed by atoms with van der Waals surface area (Å²) in [5, 5.41) is 10.3. The number of aliphatic carboxylic acids is 1. The van der Waals surface area contributed by atoms with Crippen LogP contribution in [0.1, 0.15) is 38.8 Å². The van der Waals surface area contributed by atoms with Gasteiger partial charge >= 0.3 is 5.97 Å². The third kappa shape index (κ3) is 2.70. The molecule has 0 aromatic heterocycles. The molecule has 0 bridgehead atoms. The summed E-state index contributed by atoms with van der Waals surface area (Å²) in [4.78, 5) is 13.9. The smallest absolute Gasteiger partial charge is 0.311 e. The molecule has 20 heavy (non-hydrogen) atoms. The summed E-state index contributed by atoms with van der Waals surface area (Å²) in [6.07, 6.45) is 0.720. The number of nitrogens with zero attached hydrogens (tertiary/aromatic N) is 1. The number of carboxylic acids is 1. The molecule has 0 amide bonds. The predicted octanol–water partition coefficient (Wildman–Crippen LogP) is 3.83. The number of halogens is 1. The van der Waals surface area contributed by atoms with E-state index in [1.807, 2.05) is 38.1 Å². The van der Waals surface area contributed by atoms with E-state index in [1.54, 1.807) is 0 Å². The van der Waals surface area contributed by atoms with Crippen molar-refractivity contribution < 1.29 is 9.90 Å². The highest BCUT2D eigenvalue weighted by Gasteiger charge is 2.48. The summed E-state index contributed by atoms with van der Waals surface area (Å²) in [6.45, 7) is 7.58. The molecule has 1 aromatic rings. The lowest BCUT2D eigenvalue weighted by Gasteiger charge is -2.31. The van der Waals surface area contributed by atoms with Crippen LogP contribution in [0.2, 0.25) is 5.02 Å². The number of rotatable bonds is 4. The number of carbonyl (C=O) groups is 1. The van der Waals surface area contributed by atoms with Crippen LogP contribution in [0.5, 0.6) is 0 Å². The Hall–Kier alpha value is -1.06. The van der Waals surface area contributed by atoms with Gasteiger partial charge in [-0.15, -0.1) is 0 Å². The molecule has 110 valence electrons. The minimum Gasteiger partial charge on any atom is -0.481 e. The fraction of sp³-hybridized carbons (Fsp3) is 0.562. The average Bonchev–Trinajstić information content (AvgIpc) is 2.85. The van der Waals surface area contributed by atoms with E-state index < -0.39 is 11.4 Å². The predicted molar refractivity (Wildman–Crippen MR) is 81.0 cm³/mol. The van der Waals surface area contributed by atoms with Crippen molar-refractivity contribution in [1.29, 1.82) is 0 Å². The first-order valence-electron chi connectivity index (χ1n) is 7.10. The molecule has 1 aromatic carbocycles. The molecule has 2 atom stereocenters. The molecule has 4 heteroatoms. The molecule has 1 aliphatic heterocycles. The van der Waals surface area contributed by atoms with Gasteiger partial charge in [0.2, 0.25) is 0 Å². The van der Waals surface area contributed by atoms with Gasteiger partial charge in [0.15, 0.2) is 0 Å². The van der Waals surface area contributed by atoms with Crippen LogP contribution in [0.25, 0.3) is 0 Å². The third-order valence-corrected chi connectivity index (χ3v) is 5.01. The van der Waals surface area contributed by atoms with Gasteiger partial charge in [-0.1, -0.05) is 37.6 Å².